The number of esters is 1. The lowest BCUT2D eigenvalue weighted by Crippen LogP contribution is -2.64. The van der Waals surface area contributed by atoms with Crippen molar-refractivity contribution in [1.29, 1.82) is 0 Å². The highest BCUT2D eigenvalue weighted by Crippen LogP contribution is 2.38. The van der Waals surface area contributed by atoms with E-state index in [1.165, 1.54) is 6.08 Å². The summed E-state index contributed by atoms with van der Waals surface area (Å²) in [5.74, 6) is -6.95. The number of aliphatic hydroxyl groups excluding tert-OH is 11. The molecule has 0 aromatic rings. The Kier molecular flexibility index (Phi) is 28.7. The zero-order valence-electron chi connectivity index (χ0n) is 42.6. The first-order chi connectivity index (χ1) is 34.6. The Morgan fingerprint density at radius 1 is 0.658 bits per heavy atom. The van der Waals surface area contributed by atoms with E-state index in [0.29, 0.717) is 12.8 Å². The first kappa shape index (κ1) is 63.8. The normalized spacial score (nSPS) is 41.9. The Balaban J connectivity index is 1.94. The molecule has 0 radical (unpaired) electrons. The number of hydrogen-bond donors (Lipinski definition) is 13. The first-order valence-electron chi connectivity index (χ1n) is 25.5. The van der Waals surface area contributed by atoms with Crippen LogP contribution in [0.1, 0.15) is 91.9 Å². The van der Waals surface area contributed by atoms with Crippen molar-refractivity contribution >= 4 is 11.9 Å². The van der Waals surface area contributed by atoms with Crippen molar-refractivity contribution in [3.63, 3.8) is 0 Å². The first-order valence-corrected chi connectivity index (χ1v) is 25.5. The quantitative estimate of drug-likeness (QED) is 0.135. The Bertz CT molecular complexity index is 1820. The van der Waals surface area contributed by atoms with Gasteiger partial charge in [-0.2, -0.15) is 0 Å². The van der Waals surface area contributed by atoms with E-state index in [1.54, 1.807) is 98.6 Å². The highest BCUT2D eigenvalue weighted by Gasteiger charge is 2.51. The van der Waals surface area contributed by atoms with E-state index in [0.717, 1.165) is 0 Å². The maximum absolute atomic E-state index is 12.7. The van der Waals surface area contributed by atoms with Crippen LogP contribution in [-0.4, -0.2) is 207 Å². The maximum atomic E-state index is 12.7. The van der Waals surface area contributed by atoms with Crippen LogP contribution in [0, 0.1) is 17.8 Å². The van der Waals surface area contributed by atoms with Crippen LogP contribution in [0.25, 0.3) is 0 Å². The van der Waals surface area contributed by atoms with Gasteiger partial charge in [-0.1, -0.05) is 98.9 Å². The molecule has 0 amide bonds. The van der Waals surface area contributed by atoms with Crippen molar-refractivity contribution in [3.8, 4) is 0 Å². The molecule has 0 aliphatic carbocycles. The summed E-state index contributed by atoms with van der Waals surface area (Å²) < 4.78 is 23.8. The molecule has 73 heavy (non-hydrogen) atoms. The second-order valence-electron chi connectivity index (χ2n) is 19.7. The second kappa shape index (κ2) is 32.8. The minimum absolute atomic E-state index is 0.121. The Morgan fingerprint density at radius 2 is 1.22 bits per heavy atom. The van der Waals surface area contributed by atoms with E-state index < -0.39 is 147 Å². The average molecular weight is 1040 g/mol. The third-order valence-electron chi connectivity index (χ3n) is 13.6. The van der Waals surface area contributed by atoms with E-state index in [4.69, 9.17) is 18.9 Å². The van der Waals surface area contributed by atoms with Crippen LogP contribution in [0.2, 0.25) is 0 Å². The summed E-state index contributed by atoms with van der Waals surface area (Å²) in [6, 6.07) is -0.979. The molecular weight excluding hydrogens is 955 g/mol. The van der Waals surface area contributed by atoms with E-state index in [1.807, 2.05) is 13.0 Å². The number of carbonyl (C=O) groups is 2. The van der Waals surface area contributed by atoms with Crippen molar-refractivity contribution in [2.24, 2.45) is 17.8 Å². The molecule has 2 bridgehead atoms. The van der Waals surface area contributed by atoms with Gasteiger partial charge in [-0.15, -0.1) is 0 Å². The number of allylic oxidation sites excluding steroid dienone is 12. The van der Waals surface area contributed by atoms with Gasteiger partial charge in [-0.05, 0) is 46.0 Å². The molecule has 19 atom stereocenters. The molecule has 3 aliphatic heterocycles. The van der Waals surface area contributed by atoms with Crippen LogP contribution < -0.4 is 0 Å². The summed E-state index contributed by atoms with van der Waals surface area (Å²) in [4.78, 5) is 27.1. The summed E-state index contributed by atoms with van der Waals surface area (Å²) in [5.41, 5.74) is 0. The zero-order valence-corrected chi connectivity index (χ0v) is 42.6. The zero-order chi connectivity index (χ0) is 54.3. The monoisotopic (exact) mass is 1040 g/mol. The Labute approximate surface area is 429 Å². The fraction of sp³-hybridized carbons (Fsp3) is 0.698. The summed E-state index contributed by atoms with van der Waals surface area (Å²) in [7, 11) is 0. The number of nitrogens with zero attached hydrogens (tertiary/aromatic N) is 1. The minimum Gasteiger partial charge on any atom is -0.481 e. The molecule has 20 nitrogen and oxygen atoms in total. The van der Waals surface area contributed by atoms with Gasteiger partial charge < -0.3 is 85.3 Å². The standard InChI is InChI=1S/C53H85NO19/c1-33-19-15-13-11-9-7-5-6-8-10-12-14-16-20-40(72-52-50(66)47(49(65)36(4)71-52)54(23-17-25-55)24-18-26-56)30-44-46(51(67)68)43(62)32-53(69,73-44)31-39(59)28-42(61)41(60)22-21-37(57)27-38(58)29-45(63)70-35(3)34(2)48(33)64/h5-16,19-20,33-44,46-50,52,55-62,64-66,69H,17-18,21-32H2,1-4H3,(H,67,68)/b6-5+,9-7+,10-8+,13-11+,14-12+,19-15+,20-16+/t33-,34-,35-,36+,37+,38+,39-,40-,41+,42+,43-,44?,46+,47-,48+,49+,50-,52?,53+/m0/s1. The largest absolute Gasteiger partial charge is 0.481 e. The number of ether oxygens (including phenoxy) is 4. The number of rotatable bonds is 10. The van der Waals surface area contributed by atoms with Crippen LogP contribution in [0.3, 0.4) is 0 Å². The molecule has 2 unspecified atom stereocenters. The topological polar surface area (TPSA) is 337 Å². The summed E-state index contributed by atoms with van der Waals surface area (Å²) >= 11 is 0. The van der Waals surface area contributed by atoms with Gasteiger partial charge in [0.25, 0.3) is 0 Å². The number of aliphatic hydroxyl groups is 12. The number of hydrogen-bond acceptors (Lipinski definition) is 19. The van der Waals surface area contributed by atoms with Crippen LogP contribution in [0.15, 0.2) is 85.1 Å². The summed E-state index contributed by atoms with van der Waals surface area (Å²) in [5, 5.41) is 140. The Hall–Kier alpha value is -3.52. The van der Waals surface area contributed by atoms with Gasteiger partial charge in [0.15, 0.2) is 12.1 Å². The van der Waals surface area contributed by atoms with Gasteiger partial charge in [0.05, 0.1) is 79.6 Å². The van der Waals surface area contributed by atoms with Crippen molar-refractivity contribution in [2.45, 2.75) is 189 Å². The number of carboxylic acids is 1. The number of cyclic esters (lactones) is 1. The average Bonchev–Trinajstić information content (AvgIpc) is 3.31. The van der Waals surface area contributed by atoms with Crippen LogP contribution >= 0.6 is 0 Å². The molecule has 0 aromatic carbocycles. The summed E-state index contributed by atoms with van der Waals surface area (Å²) in [6.07, 6.45) is 3.53. The highest BCUT2D eigenvalue weighted by molar-refractivity contribution is 5.71. The van der Waals surface area contributed by atoms with E-state index in [-0.39, 0.29) is 57.9 Å². The molecule has 2 fully saturated rings. The van der Waals surface area contributed by atoms with Crippen molar-refractivity contribution in [2.75, 3.05) is 26.3 Å². The fourth-order valence-electron chi connectivity index (χ4n) is 9.30. The number of carbonyl (C=O) groups excluding carboxylic acids is 1. The van der Waals surface area contributed by atoms with E-state index >= 15 is 0 Å². The molecule has 3 aliphatic rings. The molecule has 3 heterocycles. The molecule has 416 valence electrons. The van der Waals surface area contributed by atoms with Gasteiger partial charge in [-0.25, -0.2) is 0 Å². The third kappa shape index (κ3) is 21.9. The molecule has 0 spiro atoms. The number of carboxylic acid groups (broad SMARTS) is 1. The molecule has 20 heteroatoms. The minimum atomic E-state index is -2.36. The lowest BCUT2D eigenvalue weighted by molar-refractivity contribution is -0.312. The SMILES string of the molecule is C[C@@H]1[C@H](O)[C@@H](C)/C=C/C=C/C=C/C=C/C=C/C=C/C=C/[C@H](OC2O[C@H](C)[C@@H](O)[C@H](N(CCCO)CCCO)[C@@H]2O)CC2O[C@](O)(C[C@@H](O)C[C@@H](O)[C@H](O)CC[C@@H](O)C[C@@H](O)CC(=O)O[C@H]1C)C[C@H](O)[C@H]2C(=O)O. The number of fused-ring (bicyclic) bond motifs is 2. The smallest absolute Gasteiger partial charge is 0.311 e. The molecular formula is C53H85NO19. The predicted molar refractivity (Wildman–Crippen MR) is 268 cm³/mol. The van der Waals surface area contributed by atoms with Crippen LogP contribution in [0.4, 0.5) is 0 Å². The van der Waals surface area contributed by atoms with Crippen molar-refractivity contribution < 1.29 is 94.9 Å². The number of aliphatic carboxylic acids is 1. The summed E-state index contributed by atoms with van der Waals surface area (Å²) in [6.45, 7) is 6.95. The molecule has 0 saturated carbocycles. The molecule has 13 N–H and O–H groups in total. The van der Waals surface area contributed by atoms with Gasteiger partial charge in [0.1, 0.15) is 18.1 Å². The highest BCUT2D eigenvalue weighted by atomic mass is 16.7. The van der Waals surface area contributed by atoms with E-state index in [2.05, 4.69) is 0 Å². The Morgan fingerprint density at radius 3 is 1.78 bits per heavy atom. The third-order valence-corrected chi connectivity index (χ3v) is 13.6. The lowest BCUT2D eigenvalue weighted by atomic mass is 9.82. The molecule has 3 rings (SSSR count). The van der Waals surface area contributed by atoms with Crippen LogP contribution in [-0.2, 0) is 28.5 Å². The van der Waals surface area contributed by atoms with Gasteiger partial charge >= 0.3 is 11.9 Å². The second-order valence-corrected chi connectivity index (χ2v) is 19.7. The van der Waals surface area contributed by atoms with Crippen molar-refractivity contribution in [1.82, 2.24) is 4.90 Å². The predicted octanol–water partition coefficient (Wildman–Crippen LogP) is 0.820. The molecule has 0 aromatic heterocycles. The van der Waals surface area contributed by atoms with Crippen LogP contribution in [0.5, 0.6) is 0 Å². The van der Waals surface area contributed by atoms with Gasteiger partial charge in [0.2, 0.25) is 0 Å². The van der Waals surface area contributed by atoms with Gasteiger partial charge in [-0.3, -0.25) is 14.5 Å². The van der Waals surface area contributed by atoms with E-state index in [9.17, 15) is 76.0 Å². The van der Waals surface area contributed by atoms with Gasteiger partial charge in [0, 0.05) is 63.8 Å². The maximum Gasteiger partial charge on any atom is 0.311 e. The van der Waals surface area contributed by atoms with Crippen molar-refractivity contribution in [3.05, 3.63) is 85.1 Å². The fourth-order valence-corrected chi connectivity index (χ4v) is 9.30. The lowest BCUT2D eigenvalue weighted by Gasteiger charge is -2.47. The molecule has 2 saturated heterocycles.